The van der Waals surface area contributed by atoms with Crippen LogP contribution in [0.15, 0.2) is 59.3 Å². The summed E-state index contributed by atoms with van der Waals surface area (Å²) < 4.78 is 29.0. The van der Waals surface area contributed by atoms with Gasteiger partial charge in [0.2, 0.25) is 0 Å². The highest BCUT2D eigenvalue weighted by Gasteiger charge is 2.19. The molecule has 0 aliphatic rings. The van der Waals surface area contributed by atoms with E-state index in [2.05, 4.69) is 12.1 Å². The molecule has 0 fully saturated rings. The molecule has 0 aliphatic heterocycles. The summed E-state index contributed by atoms with van der Waals surface area (Å²) >= 11 is 2.73. The topological polar surface area (TPSA) is 95.2 Å². The molecule has 0 N–H and O–H groups in total. The monoisotopic (exact) mass is 504 g/mol. The molecule has 2 heterocycles. The fourth-order valence-electron chi connectivity index (χ4n) is 4.30. The zero-order chi connectivity index (χ0) is 25.4. The number of halogens is 2. The lowest BCUT2D eigenvalue weighted by Crippen LogP contribution is -2.17. The number of benzene rings is 3. The molecular weight excluding hydrogens is 494 g/mol. The number of nitriles is 4. The summed E-state index contributed by atoms with van der Waals surface area (Å²) in [5.41, 5.74) is 1.13. The Morgan fingerprint density at radius 2 is 1.03 bits per heavy atom. The van der Waals surface area contributed by atoms with Crippen molar-refractivity contribution in [3.63, 3.8) is 0 Å². The molecule has 0 aliphatic carbocycles. The van der Waals surface area contributed by atoms with Crippen molar-refractivity contribution in [3.8, 4) is 24.3 Å². The third-order valence-corrected chi connectivity index (χ3v) is 7.65. The van der Waals surface area contributed by atoms with E-state index in [-0.39, 0.29) is 22.3 Å². The smallest absolute Gasteiger partial charge is 0.124 e. The highest BCUT2D eigenvalue weighted by atomic mass is 32.1. The van der Waals surface area contributed by atoms with E-state index in [9.17, 15) is 29.8 Å². The SMILES string of the molecule is N#C/C(c1ccc(F)cc1C#N)=c1\c2ccsc2/c(=C(/C#N)c2ccc(F)cc2C#N)c2ccsc12. The maximum atomic E-state index is 13.8. The first-order valence-electron chi connectivity index (χ1n) is 10.4. The van der Waals surface area contributed by atoms with Crippen molar-refractivity contribution in [1.29, 1.82) is 21.0 Å². The van der Waals surface area contributed by atoms with E-state index in [4.69, 9.17) is 0 Å². The second kappa shape index (κ2) is 9.06. The van der Waals surface area contributed by atoms with Gasteiger partial charge in [-0.1, -0.05) is 0 Å². The Bertz CT molecular complexity index is 1820. The fourth-order valence-corrected chi connectivity index (χ4v) is 6.23. The minimum Gasteiger partial charge on any atom is -0.207 e. The quantitative estimate of drug-likeness (QED) is 0.313. The first-order chi connectivity index (χ1) is 17.5. The highest BCUT2D eigenvalue weighted by molar-refractivity contribution is 7.18. The van der Waals surface area contributed by atoms with Crippen LogP contribution in [0.2, 0.25) is 0 Å². The zero-order valence-electron chi connectivity index (χ0n) is 18.1. The van der Waals surface area contributed by atoms with Crippen molar-refractivity contribution >= 4 is 54.0 Å². The van der Waals surface area contributed by atoms with Gasteiger partial charge < -0.3 is 0 Å². The van der Waals surface area contributed by atoms with Crippen molar-refractivity contribution in [2.24, 2.45) is 0 Å². The van der Waals surface area contributed by atoms with Crippen molar-refractivity contribution in [2.45, 2.75) is 0 Å². The van der Waals surface area contributed by atoms with E-state index < -0.39 is 11.6 Å². The predicted octanol–water partition coefficient (Wildman–Crippen LogP) is 5.58. The highest BCUT2D eigenvalue weighted by Crippen LogP contribution is 2.28. The summed E-state index contributed by atoms with van der Waals surface area (Å²) in [7, 11) is 0. The minimum absolute atomic E-state index is 0.0398. The van der Waals surface area contributed by atoms with Gasteiger partial charge in [-0.2, -0.15) is 21.0 Å². The molecule has 36 heavy (non-hydrogen) atoms. The summed E-state index contributed by atoms with van der Waals surface area (Å²) in [6.07, 6.45) is 0. The average Bonchev–Trinajstić information content (AvgIpc) is 3.57. The summed E-state index contributed by atoms with van der Waals surface area (Å²) in [5, 5.41) is 45.8. The molecule has 0 saturated carbocycles. The van der Waals surface area contributed by atoms with Gasteiger partial charge in [0.15, 0.2) is 0 Å². The second-order valence-corrected chi connectivity index (χ2v) is 9.49. The number of thiophene rings is 2. The first-order valence-corrected chi connectivity index (χ1v) is 12.1. The molecule has 5 rings (SSSR count). The number of fused-ring (bicyclic) bond motifs is 2. The summed E-state index contributed by atoms with van der Waals surface area (Å²) in [6, 6.07) is 19.5. The van der Waals surface area contributed by atoms with Gasteiger partial charge in [0.1, 0.15) is 23.8 Å². The van der Waals surface area contributed by atoms with Crippen LogP contribution < -0.4 is 10.4 Å². The third-order valence-electron chi connectivity index (χ3n) is 5.79. The lowest BCUT2D eigenvalue weighted by molar-refractivity contribution is 0.626. The van der Waals surface area contributed by atoms with Crippen LogP contribution in [0.5, 0.6) is 0 Å². The Morgan fingerprint density at radius 3 is 1.39 bits per heavy atom. The summed E-state index contributed by atoms with van der Waals surface area (Å²) in [6.45, 7) is 0. The van der Waals surface area contributed by atoms with Crippen LogP contribution in [0.1, 0.15) is 22.3 Å². The lowest BCUT2D eigenvalue weighted by atomic mass is 9.94. The van der Waals surface area contributed by atoms with Gasteiger partial charge in [-0.25, -0.2) is 8.78 Å². The van der Waals surface area contributed by atoms with E-state index in [1.165, 1.54) is 46.9 Å². The van der Waals surface area contributed by atoms with Crippen molar-refractivity contribution in [3.05, 3.63) is 104 Å². The second-order valence-electron chi connectivity index (χ2n) is 7.65. The van der Waals surface area contributed by atoms with Crippen LogP contribution in [0.25, 0.3) is 31.3 Å². The van der Waals surface area contributed by atoms with Gasteiger partial charge >= 0.3 is 0 Å². The van der Waals surface area contributed by atoms with Gasteiger partial charge in [0.05, 0.1) is 34.4 Å². The fraction of sp³-hybridized carbons (Fsp3) is 0. The number of rotatable bonds is 2. The predicted molar refractivity (Wildman–Crippen MR) is 135 cm³/mol. The third kappa shape index (κ3) is 3.50. The van der Waals surface area contributed by atoms with Crippen LogP contribution in [0.4, 0.5) is 8.78 Å². The first kappa shape index (κ1) is 22.9. The summed E-state index contributed by atoms with van der Waals surface area (Å²) in [4.78, 5) is 0. The number of nitrogens with zero attached hydrogens (tertiary/aromatic N) is 4. The minimum atomic E-state index is -0.578. The maximum absolute atomic E-state index is 13.8. The van der Waals surface area contributed by atoms with Crippen LogP contribution in [-0.4, -0.2) is 0 Å². The van der Waals surface area contributed by atoms with Gasteiger partial charge in [0.25, 0.3) is 0 Å². The molecule has 0 amide bonds. The van der Waals surface area contributed by atoms with Gasteiger partial charge in [0, 0.05) is 41.7 Å². The zero-order valence-corrected chi connectivity index (χ0v) is 19.8. The molecule has 5 aromatic rings. The largest absolute Gasteiger partial charge is 0.207 e. The molecule has 0 saturated heterocycles. The molecule has 8 heteroatoms. The van der Waals surface area contributed by atoms with E-state index in [1.807, 2.05) is 35.0 Å². The molecule has 2 aromatic heterocycles. The maximum Gasteiger partial charge on any atom is 0.124 e. The van der Waals surface area contributed by atoms with Crippen LogP contribution >= 0.6 is 22.7 Å². The molecule has 0 spiro atoms. The molecule has 0 bridgehead atoms. The van der Waals surface area contributed by atoms with Crippen molar-refractivity contribution < 1.29 is 8.78 Å². The van der Waals surface area contributed by atoms with E-state index in [0.717, 1.165) is 12.1 Å². The Labute approximate surface area is 211 Å². The molecule has 3 aromatic carbocycles. The number of hydrogen-bond donors (Lipinski definition) is 0. The average molecular weight is 505 g/mol. The van der Waals surface area contributed by atoms with Gasteiger partial charge in [-0.3, -0.25) is 0 Å². The molecule has 0 unspecified atom stereocenters. The Kier molecular flexibility index (Phi) is 5.77. The van der Waals surface area contributed by atoms with Crippen LogP contribution in [-0.2, 0) is 0 Å². The Hall–Kier alpha value is -4.86. The van der Waals surface area contributed by atoms with E-state index >= 15 is 0 Å². The Balaban J connectivity index is 2.06. The molecular formula is C28H10F2N4S2. The van der Waals surface area contributed by atoms with E-state index in [0.29, 0.717) is 41.7 Å². The molecule has 168 valence electrons. The van der Waals surface area contributed by atoms with Crippen LogP contribution in [0.3, 0.4) is 0 Å². The number of hydrogen-bond acceptors (Lipinski definition) is 6. The van der Waals surface area contributed by atoms with Crippen LogP contribution in [0, 0.1) is 57.0 Å². The van der Waals surface area contributed by atoms with E-state index in [1.54, 1.807) is 0 Å². The molecule has 0 atom stereocenters. The lowest BCUT2D eigenvalue weighted by Gasteiger charge is -2.08. The van der Waals surface area contributed by atoms with Gasteiger partial charge in [-0.15, -0.1) is 22.7 Å². The standard InChI is InChI=1S/C28H10F2N4S2/c29-17-1-3-19(15(9-17)11-31)23(13-33)25-21-5-7-36-28(21)26(22-6-8-35-27(22)25)24(14-34)20-4-2-18(30)10-16(20)12-32/h1-10H/b25-23-,26-24-. The molecule has 4 nitrogen and oxygen atoms in total. The van der Waals surface area contributed by atoms with Crippen molar-refractivity contribution in [1.82, 2.24) is 0 Å². The summed E-state index contributed by atoms with van der Waals surface area (Å²) in [5.74, 6) is -1.16. The normalized spacial score (nSPS) is 12.4. The van der Waals surface area contributed by atoms with Gasteiger partial charge in [-0.05, 0) is 59.3 Å². The Morgan fingerprint density at radius 1 is 0.611 bits per heavy atom. The molecule has 0 radical (unpaired) electrons. The van der Waals surface area contributed by atoms with Crippen molar-refractivity contribution in [2.75, 3.05) is 0 Å².